The molecule has 0 aliphatic heterocycles. The molecule has 96 valence electrons. The van der Waals surface area contributed by atoms with E-state index in [1.165, 1.54) is 0 Å². The summed E-state index contributed by atoms with van der Waals surface area (Å²) in [6.07, 6.45) is 0. The average molecular weight is 262 g/mol. The molecule has 0 spiro atoms. The minimum Gasteiger partial charge on any atom is -0.475 e. The van der Waals surface area contributed by atoms with Crippen molar-refractivity contribution in [2.75, 3.05) is 0 Å². The predicted octanol–water partition coefficient (Wildman–Crippen LogP) is 4.44. The summed E-state index contributed by atoms with van der Waals surface area (Å²) in [5.74, 6) is -1.07. The van der Waals surface area contributed by atoms with Gasteiger partial charge in [0.2, 0.25) is 5.76 Å². The Balaban J connectivity index is 2.16. The SMILES string of the molecule is O=C(O)c1cc2ccc3cc4ccccc4cc3c2o1. The van der Waals surface area contributed by atoms with Crippen LogP contribution < -0.4 is 0 Å². The van der Waals surface area contributed by atoms with Gasteiger partial charge in [-0.15, -0.1) is 0 Å². The number of carboxylic acids is 1. The first-order valence-electron chi connectivity index (χ1n) is 6.31. The Morgan fingerprint density at radius 3 is 2.30 bits per heavy atom. The van der Waals surface area contributed by atoms with Crippen LogP contribution in [-0.4, -0.2) is 11.1 Å². The molecular formula is C17H10O3. The minimum atomic E-state index is -1.05. The van der Waals surface area contributed by atoms with Crippen LogP contribution in [0, 0.1) is 0 Å². The largest absolute Gasteiger partial charge is 0.475 e. The zero-order valence-electron chi connectivity index (χ0n) is 10.5. The van der Waals surface area contributed by atoms with Crippen molar-refractivity contribution >= 4 is 38.5 Å². The molecule has 0 radical (unpaired) electrons. The molecule has 3 aromatic carbocycles. The maximum atomic E-state index is 11.0. The number of carbonyl (C=O) groups is 1. The Morgan fingerprint density at radius 1 is 0.850 bits per heavy atom. The van der Waals surface area contributed by atoms with Crippen LogP contribution in [0.4, 0.5) is 0 Å². The summed E-state index contributed by atoms with van der Waals surface area (Å²) in [5.41, 5.74) is 0.630. The predicted molar refractivity (Wildman–Crippen MR) is 78.2 cm³/mol. The molecule has 0 unspecified atom stereocenters. The van der Waals surface area contributed by atoms with Crippen molar-refractivity contribution < 1.29 is 14.3 Å². The number of fused-ring (bicyclic) bond motifs is 4. The van der Waals surface area contributed by atoms with Crippen molar-refractivity contribution in [3.05, 3.63) is 60.4 Å². The number of aromatic carboxylic acids is 1. The van der Waals surface area contributed by atoms with E-state index in [4.69, 9.17) is 9.52 Å². The van der Waals surface area contributed by atoms with Crippen LogP contribution in [0.2, 0.25) is 0 Å². The van der Waals surface area contributed by atoms with Crippen molar-refractivity contribution in [1.82, 2.24) is 0 Å². The number of benzene rings is 3. The molecule has 3 heteroatoms. The third-order valence-electron chi connectivity index (χ3n) is 3.58. The molecule has 1 heterocycles. The molecule has 4 rings (SSSR count). The van der Waals surface area contributed by atoms with Crippen molar-refractivity contribution in [3.8, 4) is 0 Å². The fourth-order valence-electron chi connectivity index (χ4n) is 2.62. The first kappa shape index (κ1) is 11.1. The number of hydrogen-bond donors (Lipinski definition) is 1. The summed E-state index contributed by atoms with van der Waals surface area (Å²) in [7, 11) is 0. The van der Waals surface area contributed by atoms with Gasteiger partial charge in [0.15, 0.2) is 0 Å². The van der Waals surface area contributed by atoms with Gasteiger partial charge in [0.1, 0.15) is 5.58 Å². The molecule has 0 atom stereocenters. The molecule has 0 fully saturated rings. The fraction of sp³-hybridized carbons (Fsp3) is 0. The van der Waals surface area contributed by atoms with Gasteiger partial charge < -0.3 is 9.52 Å². The molecule has 1 aromatic heterocycles. The highest BCUT2D eigenvalue weighted by Crippen LogP contribution is 2.31. The maximum absolute atomic E-state index is 11.0. The normalized spacial score (nSPS) is 11.4. The van der Waals surface area contributed by atoms with Crippen LogP contribution in [0.15, 0.2) is 59.0 Å². The van der Waals surface area contributed by atoms with Crippen LogP contribution in [0.3, 0.4) is 0 Å². The van der Waals surface area contributed by atoms with Gasteiger partial charge in [0.25, 0.3) is 0 Å². The van der Waals surface area contributed by atoms with Gasteiger partial charge in [-0.3, -0.25) is 0 Å². The number of rotatable bonds is 1. The second kappa shape index (κ2) is 3.84. The van der Waals surface area contributed by atoms with Crippen LogP contribution in [0.5, 0.6) is 0 Å². The van der Waals surface area contributed by atoms with Crippen molar-refractivity contribution in [1.29, 1.82) is 0 Å². The van der Waals surface area contributed by atoms with E-state index in [1.807, 2.05) is 36.4 Å². The molecular weight excluding hydrogens is 252 g/mol. The highest BCUT2D eigenvalue weighted by molar-refractivity contribution is 6.10. The lowest BCUT2D eigenvalue weighted by atomic mass is 10.0. The summed E-state index contributed by atoms with van der Waals surface area (Å²) in [6.45, 7) is 0. The fourth-order valence-corrected chi connectivity index (χ4v) is 2.62. The molecule has 20 heavy (non-hydrogen) atoms. The quantitative estimate of drug-likeness (QED) is 0.516. The van der Waals surface area contributed by atoms with Crippen molar-refractivity contribution in [3.63, 3.8) is 0 Å². The van der Waals surface area contributed by atoms with Gasteiger partial charge in [-0.05, 0) is 34.4 Å². The Morgan fingerprint density at radius 2 is 1.55 bits per heavy atom. The Labute approximate surface area is 114 Å². The maximum Gasteiger partial charge on any atom is 0.371 e. The smallest absolute Gasteiger partial charge is 0.371 e. The summed E-state index contributed by atoms with van der Waals surface area (Å²) >= 11 is 0. The first-order chi connectivity index (χ1) is 9.72. The van der Waals surface area contributed by atoms with Gasteiger partial charge in [-0.2, -0.15) is 0 Å². The van der Waals surface area contributed by atoms with Gasteiger partial charge in [-0.1, -0.05) is 36.4 Å². The van der Waals surface area contributed by atoms with Gasteiger partial charge in [0, 0.05) is 10.8 Å². The molecule has 4 aromatic rings. The lowest BCUT2D eigenvalue weighted by Gasteiger charge is -2.02. The van der Waals surface area contributed by atoms with Crippen molar-refractivity contribution in [2.45, 2.75) is 0 Å². The van der Waals surface area contributed by atoms with E-state index in [1.54, 1.807) is 6.07 Å². The summed E-state index contributed by atoms with van der Waals surface area (Å²) in [6, 6.07) is 17.7. The van der Waals surface area contributed by atoms with E-state index in [0.29, 0.717) is 5.58 Å². The third-order valence-corrected chi connectivity index (χ3v) is 3.58. The third kappa shape index (κ3) is 1.50. The minimum absolute atomic E-state index is 0.0272. The van der Waals surface area contributed by atoms with Gasteiger partial charge in [-0.25, -0.2) is 4.79 Å². The van der Waals surface area contributed by atoms with E-state index >= 15 is 0 Å². The first-order valence-corrected chi connectivity index (χ1v) is 6.31. The second-order valence-electron chi connectivity index (χ2n) is 4.82. The molecule has 1 N–H and O–H groups in total. The monoisotopic (exact) mass is 262 g/mol. The lowest BCUT2D eigenvalue weighted by molar-refractivity contribution is 0.0665. The zero-order valence-corrected chi connectivity index (χ0v) is 10.5. The summed E-state index contributed by atoms with van der Waals surface area (Å²) in [4.78, 5) is 11.0. The number of furan rings is 1. The number of hydrogen-bond acceptors (Lipinski definition) is 2. The molecule has 0 amide bonds. The van der Waals surface area contributed by atoms with Crippen molar-refractivity contribution in [2.24, 2.45) is 0 Å². The van der Waals surface area contributed by atoms with E-state index < -0.39 is 5.97 Å². The van der Waals surface area contributed by atoms with E-state index in [9.17, 15) is 4.79 Å². The molecule has 0 bridgehead atoms. The second-order valence-corrected chi connectivity index (χ2v) is 4.82. The molecule has 0 saturated carbocycles. The molecule has 0 saturated heterocycles. The van der Waals surface area contributed by atoms with Gasteiger partial charge in [0.05, 0.1) is 0 Å². The van der Waals surface area contributed by atoms with Crippen LogP contribution in [0.25, 0.3) is 32.5 Å². The van der Waals surface area contributed by atoms with E-state index in [0.717, 1.165) is 26.9 Å². The molecule has 0 aliphatic carbocycles. The summed E-state index contributed by atoms with van der Waals surface area (Å²) in [5, 5.41) is 14.1. The van der Waals surface area contributed by atoms with Crippen LogP contribution in [-0.2, 0) is 0 Å². The Hall–Kier alpha value is -2.81. The zero-order chi connectivity index (χ0) is 13.7. The van der Waals surface area contributed by atoms with Crippen LogP contribution in [0.1, 0.15) is 10.6 Å². The summed E-state index contributed by atoms with van der Waals surface area (Å²) < 4.78 is 5.49. The number of carboxylic acid groups (broad SMARTS) is 1. The molecule has 3 nitrogen and oxygen atoms in total. The van der Waals surface area contributed by atoms with E-state index in [2.05, 4.69) is 12.1 Å². The van der Waals surface area contributed by atoms with Crippen LogP contribution >= 0.6 is 0 Å². The average Bonchev–Trinajstić information content (AvgIpc) is 2.90. The standard InChI is InChI=1S/C17H10O3/c18-17(19)15-9-13-6-5-12-7-10-3-1-2-4-11(10)8-14(12)16(13)20-15/h1-9H,(H,18,19). The Bertz CT molecular complexity index is 979. The lowest BCUT2D eigenvalue weighted by Crippen LogP contribution is -1.91. The Kier molecular flexibility index (Phi) is 2.12. The van der Waals surface area contributed by atoms with Gasteiger partial charge >= 0.3 is 5.97 Å². The highest BCUT2D eigenvalue weighted by atomic mass is 16.4. The topological polar surface area (TPSA) is 50.4 Å². The molecule has 0 aliphatic rings. The van der Waals surface area contributed by atoms with E-state index in [-0.39, 0.29) is 5.76 Å². The highest BCUT2D eigenvalue weighted by Gasteiger charge is 2.12.